The molecule has 0 unspecified atom stereocenters. The van der Waals surface area contributed by atoms with Crippen LogP contribution in [0.15, 0.2) is 47.6 Å². The summed E-state index contributed by atoms with van der Waals surface area (Å²) in [6, 6.07) is 13.0. The van der Waals surface area contributed by atoms with Gasteiger partial charge in [-0.05, 0) is 50.3 Å². The first kappa shape index (κ1) is 25.1. The Labute approximate surface area is 209 Å². The van der Waals surface area contributed by atoms with Crippen LogP contribution in [0.2, 0.25) is 0 Å². The third-order valence-corrected chi connectivity index (χ3v) is 6.89. The summed E-state index contributed by atoms with van der Waals surface area (Å²) in [6.07, 6.45) is 3.25. The van der Waals surface area contributed by atoms with Gasteiger partial charge in [-0.1, -0.05) is 55.4 Å². The molecular weight excluding hydrogens is 461 g/mol. The minimum Gasteiger partial charge on any atom is -0.356 e. The normalized spacial score (nSPS) is 11.6. The average molecular weight is 494 g/mol. The van der Waals surface area contributed by atoms with Crippen molar-refractivity contribution < 1.29 is 9.18 Å². The zero-order valence-corrected chi connectivity index (χ0v) is 21.4. The molecule has 0 aliphatic heterocycles. The van der Waals surface area contributed by atoms with Gasteiger partial charge >= 0.3 is 0 Å². The van der Waals surface area contributed by atoms with E-state index in [1.807, 2.05) is 29.7 Å². The second-order valence-electron chi connectivity index (χ2n) is 9.30. The number of amides is 1. The SMILES string of the molecule is Cc1ccc2c(c1)c1nnc(SCCCCC(=O)NCCC(C)C)nc1n2Cc1ccccc1F. The maximum absolute atomic E-state index is 14.4. The zero-order valence-electron chi connectivity index (χ0n) is 20.6. The van der Waals surface area contributed by atoms with Gasteiger partial charge in [-0.15, -0.1) is 10.2 Å². The molecular formula is C27H32FN5OS. The summed E-state index contributed by atoms with van der Waals surface area (Å²) in [4.78, 5) is 16.8. The predicted octanol–water partition coefficient (Wildman–Crippen LogP) is 5.90. The summed E-state index contributed by atoms with van der Waals surface area (Å²) < 4.78 is 16.4. The van der Waals surface area contributed by atoms with E-state index in [-0.39, 0.29) is 11.7 Å². The van der Waals surface area contributed by atoms with Crippen LogP contribution in [-0.4, -0.2) is 38.0 Å². The fraction of sp³-hybridized carbons (Fsp3) is 0.407. The molecule has 2 aromatic heterocycles. The van der Waals surface area contributed by atoms with Crippen molar-refractivity contribution in [3.05, 3.63) is 59.4 Å². The van der Waals surface area contributed by atoms with Crippen LogP contribution in [0.5, 0.6) is 0 Å². The Bertz CT molecular complexity index is 1320. The number of hydrogen-bond acceptors (Lipinski definition) is 5. The van der Waals surface area contributed by atoms with E-state index in [9.17, 15) is 9.18 Å². The number of nitrogens with zero attached hydrogens (tertiary/aromatic N) is 4. The van der Waals surface area contributed by atoms with Crippen LogP contribution in [-0.2, 0) is 11.3 Å². The van der Waals surface area contributed by atoms with Crippen molar-refractivity contribution in [2.75, 3.05) is 12.3 Å². The first-order chi connectivity index (χ1) is 16.9. The lowest BCUT2D eigenvalue weighted by atomic mass is 10.1. The van der Waals surface area contributed by atoms with E-state index in [0.717, 1.165) is 53.5 Å². The number of hydrogen-bond donors (Lipinski definition) is 1. The van der Waals surface area contributed by atoms with E-state index in [1.54, 1.807) is 12.1 Å². The third kappa shape index (κ3) is 6.36. The number of nitrogens with one attached hydrogen (secondary N) is 1. The van der Waals surface area contributed by atoms with Gasteiger partial charge in [0.25, 0.3) is 0 Å². The average Bonchev–Trinajstić information content (AvgIpc) is 3.12. The van der Waals surface area contributed by atoms with Gasteiger partial charge in [0, 0.05) is 29.7 Å². The molecule has 35 heavy (non-hydrogen) atoms. The number of rotatable bonds is 11. The number of aromatic nitrogens is 4. The Morgan fingerprint density at radius 3 is 2.77 bits per heavy atom. The number of aryl methyl sites for hydroxylation is 1. The summed E-state index contributed by atoms with van der Waals surface area (Å²) >= 11 is 1.54. The zero-order chi connectivity index (χ0) is 24.8. The summed E-state index contributed by atoms with van der Waals surface area (Å²) in [6.45, 7) is 7.45. The van der Waals surface area contributed by atoms with Gasteiger partial charge in [0.2, 0.25) is 11.1 Å². The highest BCUT2D eigenvalue weighted by atomic mass is 32.2. The van der Waals surface area contributed by atoms with Crippen LogP contribution in [0.25, 0.3) is 22.1 Å². The van der Waals surface area contributed by atoms with Gasteiger partial charge in [0.05, 0.1) is 12.1 Å². The second-order valence-corrected chi connectivity index (χ2v) is 10.4. The van der Waals surface area contributed by atoms with Gasteiger partial charge in [-0.3, -0.25) is 4.79 Å². The number of unbranched alkanes of at least 4 members (excludes halogenated alkanes) is 1. The summed E-state index contributed by atoms with van der Waals surface area (Å²) in [7, 11) is 0. The molecule has 2 heterocycles. The number of benzene rings is 2. The number of carbonyl (C=O) groups is 1. The maximum Gasteiger partial charge on any atom is 0.219 e. The minimum absolute atomic E-state index is 0.114. The van der Waals surface area contributed by atoms with Crippen molar-refractivity contribution in [3.63, 3.8) is 0 Å². The van der Waals surface area contributed by atoms with E-state index in [1.165, 1.54) is 17.8 Å². The van der Waals surface area contributed by atoms with E-state index in [4.69, 9.17) is 4.98 Å². The molecule has 0 saturated carbocycles. The lowest BCUT2D eigenvalue weighted by Crippen LogP contribution is -2.24. The molecule has 0 bridgehead atoms. The topological polar surface area (TPSA) is 72.7 Å². The predicted molar refractivity (Wildman–Crippen MR) is 140 cm³/mol. The number of fused-ring (bicyclic) bond motifs is 3. The molecule has 2 aromatic carbocycles. The van der Waals surface area contributed by atoms with E-state index >= 15 is 0 Å². The van der Waals surface area contributed by atoms with Gasteiger partial charge in [-0.25, -0.2) is 9.37 Å². The highest BCUT2D eigenvalue weighted by molar-refractivity contribution is 7.99. The van der Waals surface area contributed by atoms with E-state index < -0.39 is 0 Å². The van der Waals surface area contributed by atoms with Crippen molar-refractivity contribution in [3.8, 4) is 0 Å². The first-order valence-corrected chi connectivity index (χ1v) is 13.2. The second kappa shape index (κ2) is 11.6. The number of carbonyl (C=O) groups excluding carboxylic acids is 1. The van der Waals surface area contributed by atoms with Crippen LogP contribution in [0.4, 0.5) is 4.39 Å². The van der Waals surface area contributed by atoms with Crippen molar-refractivity contribution >= 4 is 39.7 Å². The van der Waals surface area contributed by atoms with Gasteiger partial charge < -0.3 is 9.88 Å². The number of halogens is 1. The third-order valence-electron chi connectivity index (χ3n) is 5.96. The molecule has 0 spiro atoms. The first-order valence-electron chi connectivity index (χ1n) is 12.2. The molecule has 4 rings (SSSR count). The molecule has 0 atom stereocenters. The smallest absolute Gasteiger partial charge is 0.219 e. The molecule has 0 aliphatic rings. The fourth-order valence-electron chi connectivity index (χ4n) is 4.01. The van der Waals surface area contributed by atoms with Crippen LogP contribution < -0.4 is 5.32 Å². The van der Waals surface area contributed by atoms with Crippen LogP contribution >= 0.6 is 11.8 Å². The molecule has 0 fully saturated rings. The summed E-state index contributed by atoms with van der Waals surface area (Å²) in [5.41, 5.74) is 4.11. The van der Waals surface area contributed by atoms with Crippen molar-refractivity contribution in [1.29, 1.82) is 0 Å². The molecule has 0 radical (unpaired) electrons. The Kier molecular flexibility index (Phi) is 8.33. The van der Waals surface area contributed by atoms with Crippen molar-refractivity contribution in [2.45, 2.75) is 58.2 Å². The quantitative estimate of drug-likeness (QED) is 0.208. The molecule has 1 N–H and O–H groups in total. The molecule has 184 valence electrons. The van der Waals surface area contributed by atoms with Gasteiger partial charge in [0.1, 0.15) is 11.3 Å². The van der Waals surface area contributed by atoms with Crippen LogP contribution in [0.3, 0.4) is 0 Å². The highest BCUT2D eigenvalue weighted by Crippen LogP contribution is 2.29. The lowest BCUT2D eigenvalue weighted by Gasteiger charge is -2.08. The van der Waals surface area contributed by atoms with Gasteiger partial charge in [0.15, 0.2) is 5.65 Å². The fourth-order valence-corrected chi connectivity index (χ4v) is 4.79. The molecule has 0 aliphatic carbocycles. The van der Waals surface area contributed by atoms with Crippen LogP contribution in [0.1, 0.15) is 50.7 Å². The summed E-state index contributed by atoms with van der Waals surface area (Å²) in [5, 5.41) is 13.4. The van der Waals surface area contributed by atoms with Crippen LogP contribution in [0, 0.1) is 18.7 Å². The Hall–Kier alpha value is -3.00. The Morgan fingerprint density at radius 1 is 1.14 bits per heavy atom. The highest BCUT2D eigenvalue weighted by Gasteiger charge is 2.16. The van der Waals surface area contributed by atoms with E-state index in [0.29, 0.717) is 35.3 Å². The monoisotopic (exact) mass is 493 g/mol. The minimum atomic E-state index is -0.237. The van der Waals surface area contributed by atoms with Gasteiger partial charge in [-0.2, -0.15) is 0 Å². The summed E-state index contributed by atoms with van der Waals surface area (Å²) in [5.74, 6) is 1.27. The van der Waals surface area contributed by atoms with Crippen molar-refractivity contribution in [2.24, 2.45) is 5.92 Å². The molecule has 0 saturated heterocycles. The molecule has 6 nitrogen and oxygen atoms in total. The lowest BCUT2D eigenvalue weighted by molar-refractivity contribution is -0.121. The number of thioether (sulfide) groups is 1. The largest absolute Gasteiger partial charge is 0.356 e. The maximum atomic E-state index is 14.4. The Balaban J connectivity index is 1.45. The van der Waals surface area contributed by atoms with Crippen molar-refractivity contribution in [1.82, 2.24) is 25.1 Å². The molecule has 4 aromatic rings. The standard InChI is InChI=1S/C27H32FN5OS/c1-18(2)13-14-29-24(34)10-6-7-15-35-27-30-26-25(31-32-27)21-16-19(3)11-12-23(21)33(26)17-20-8-4-5-9-22(20)28/h4-5,8-9,11-12,16,18H,6-7,10,13-15,17H2,1-3H3,(H,29,34). The molecule has 1 amide bonds. The Morgan fingerprint density at radius 2 is 1.97 bits per heavy atom. The molecule has 8 heteroatoms. The van der Waals surface area contributed by atoms with E-state index in [2.05, 4.69) is 35.4 Å².